The molecule has 2 aromatic carbocycles. The molecule has 0 spiro atoms. The molecule has 0 radical (unpaired) electrons. The van der Waals surface area contributed by atoms with Crippen molar-refractivity contribution in [1.29, 1.82) is 0 Å². The van der Waals surface area contributed by atoms with Gasteiger partial charge in [-0.2, -0.15) is 0 Å². The van der Waals surface area contributed by atoms with Gasteiger partial charge in [0.25, 0.3) is 15.9 Å². The summed E-state index contributed by atoms with van der Waals surface area (Å²) < 4.78 is 28.4. The first kappa shape index (κ1) is 22.3. The molecule has 168 valence electrons. The lowest BCUT2D eigenvalue weighted by molar-refractivity contribution is -0.119. The van der Waals surface area contributed by atoms with E-state index in [9.17, 15) is 18.0 Å². The van der Waals surface area contributed by atoms with Gasteiger partial charge < -0.3 is 11.1 Å². The lowest BCUT2D eigenvalue weighted by Crippen LogP contribution is -2.46. The van der Waals surface area contributed by atoms with Crippen molar-refractivity contribution < 1.29 is 18.0 Å². The number of likely N-dealkylation sites (tertiary alicyclic amines) is 1. The van der Waals surface area contributed by atoms with Crippen LogP contribution in [0.4, 0.5) is 5.69 Å². The molecule has 4 N–H and O–H groups in total. The molecule has 1 aromatic heterocycles. The van der Waals surface area contributed by atoms with Gasteiger partial charge in [0.2, 0.25) is 5.91 Å². The summed E-state index contributed by atoms with van der Waals surface area (Å²) in [6, 6.07) is 14.0. The first-order valence-corrected chi connectivity index (χ1v) is 12.6. The molecular weight excluding hydrogens is 448 g/mol. The van der Waals surface area contributed by atoms with E-state index in [4.69, 9.17) is 5.73 Å². The number of thiophene rings is 1. The van der Waals surface area contributed by atoms with Crippen LogP contribution in [-0.4, -0.2) is 50.8 Å². The highest BCUT2D eigenvalue weighted by molar-refractivity contribution is 7.94. The topological polar surface area (TPSA) is 122 Å². The third-order valence-electron chi connectivity index (χ3n) is 5.44. The van der Waals surface area contributed by atoms with Gasteiger partial charge in [-0.3, -0.25) is 19.2 Å². The summed E-state index contributed by atoms with van der Waals surface area (Å²) >= 11 is 1.11. The minimum Gasteiger partial charge on any atom is -0.369 e. The van der Waals surface area contributed by atoms with Crippen LogP contribution < -0.4 is 15.8 Å². The fourth-order valence-corrected chi connectivity index (χ4v) is 5.91. The number of hydrogen-bond donors (Lipinski definition) is 3. The van der Waals surface area contributed by atoms with Crippen LogP contribution >= 0.6 is 11.3 Å². The SMILES string of the molecule is NC(=O)CN1CCC(NC(=O)c2cc3ccccc3cc2NS(=O)(=O)c2cccs2)CC1. The second-order valence-electron chi connectivity index (χ2n) is 7.77. The Labute approximate surface area is 190 Å². The predicted octanol–water partition coefficient (Wildman–Crippen LogP) is 2.38. The van der Waals surface area contributed by atoms with Crippen LogP contribution in [0.1, 0.15) is 23.2 Å². The normalized spacial score (nSPS) is 15.5. The van der Waals surface area contributed by atoms with Gasteiger partial charge in [-0.15, -0.1) is 11.3 Å². The maximum absolute atomic E-state index is 13.2. The third-order valence-corrected chi connectivity index (χ3v) is 8.20. The second-order valence-corrected chi connectivity index (χ2v) is 10.6. The Balaban J connectivity index is 1.57. The van der Waals surface area contributed by atoms with Crippen molar-refractivity contribution in [1.82, 2.24) is 10.2 Å². The summed E-state index contributed by atoms with van der Waals surface area (Å²) in [6.45, 7) is 1.52. The largest absolute Gasteiger partial charge is 0.369 e. The van der Waals surface area contributed by atoms with Crippen LogP contribution in [0, 0.1) is 0 Å². The molecule has 1 aliphatic heterocycles. The first-order chi connectivity index (χ1) is 15.3. The maximum atomic E-state index is 13.2. The summed E-state index contributed by atoms with van der Waals surface area (Å²) in [5.41, 5.74) is 5.76. The zero-order valence-corrected chi connectivity index (χ0v) is 18.9. The molecule has 10 heteroatoms. The fraction of sp³-hybridized carbons (Fsp3) is 0.273. The van der Waals surface area contributed by atoms with E-state index < -0.39 is 10.0 Å². The monoisotopic (exact) mass is 472 g/mol. The van der Waals surface area contributed by atoms with Gasteiger partial charge in [0.05, 0.1) is 17.8 Å². The van der Waals surface area contributed by atoms with Crippen LogP contribution in [0.3, 0.4) is 0 Å². The number of fused-ring (bicyclic) bond motifs is 1. The zero-order chi connectivity index (χ0) is 22.7. The van der Waals surface area contributed by atoms with Crippen LogP contribution in [0.2, 0.25) is 0 Å². The number of nitrogens with two attached hydrogens (primary N) is 1. The van der Waals surface area contributed by atoms with Crippen molar-refractivity contribution in [2.24, 2.45) is 5.73 Å². The summed E-state index contributed by atoms with van der Waals surface area (Å²) in [7, 11) is -3.81. The number of nitrogens with one attached hydrogen (secondary N) is 2. The fourth-order valence-electron chi connectivity index (χ4n) is 3.84. The molecule has 0 atom stereocenters. The number of primary amides is 1. The molecule has 3 aromatic rings. The number of anilines is 1. The molecule has 32 heavy (non-hydrogen) atoms. The summed E-state index contributed by atoms with van der Waals surface area (Å²) in [5, 5.41) is 6.38. The van der Waals surface area contributed by atoms with Gasteiger partial charge in [-0.1, -0.05) is 30.3 Å². The Morgan fingerprint density at radius 3 is 2.38 bits per heavy atom. The maximum Gasteiger partial charge on any atom is 0.271 e. The van der Waals surface area contributed by atoms with Gasteiger partial charge >= 0.3 is 0 Å². The van der Waals surface area contributed by atoms with Crippen molar-refractivity contribution in [3.8, 4) is 0 Å². The number of benzene rings is 2. The molecular formula is C22H24N4O4S2. The van der Waals surface area contributed by atoms with E-state index in [2.05, 4.69) is 10.0 Å². The number of sulfonamides is 1. The van der Waals surface area contributed by atoms with E-state index in [0.29, 0.717) is 25.9 Å². The van der Waals surface area contributed by atoms with Crippen molar-refractivity contribution in [3.05, 3.63) is 59.5 Å². The lowest BCUT2D eigenvalue weighted by atomic mass is 10.0. The molecule has 8 nitrogen and oxygen atoms in total. The van der Waals surface area contributed by atoms with Gasteiger partial charge in [0.15, 0.2) is 0 Å². The molecule has 0 unspecified atom stereocenters. The lowest BCUT2D eigenvalue weighted by Gasteiger charge is -2.31. The number of hydrogen-bond acceptors (Lipinski definition) is 6. The second kappa shape index (κ2) is 9.27. The van der Waals surface area contributed by atoms with Crippen molar-refractivity contribution in [2.45, 2.75) is 23.1 Å². The minimum absolute atomic E-state index is 0.0696. The Morgan fingerprint density at radius 2 is 1.75 bits per heavy atom. The van der Waals surface area contributed by atoms with Crippen molar-refractivity contribution in [3.63, 3.8) is 0 Å². The van der Waals surface area contributed by atoms with Crippen LogP contribution in [-0.2, 0) is 14.8 Å². The molecule has 0 bridgehead atoms. The highest BCUT2D eigenvalue weighted by atomic mass is 32.2. The number of nitrogens with zero attached hydrogens (tertiary/aromatic N) is 1. The highest BCUT2D eigenvalue weighted by Crippen LogP contribution is 2.28. The Morgan fingerprint density at radius 1 is 1.06 bits per heavy atom. The van der Waals surface area contributed by atoms with Crippen LogP contribution in [0.5, 0.6) is 0 Å². The van der Waals surface area contributed by atoms with E-state index in [1.54, 1.807) is 23.6 Å². The van der Waals surface area contributed by atoms with Crippen molar-refractivity contribution >= 4 is 49.6 Å². The Hall–Kier alpha value is -2.95. The van der Waals surface area contributed by atoms with Gasteiger partial charge in [0.1, 0.15) is 4.21 Å². The molecule has 4 rings (SSSR count). The average Bonchev–Trinajstić information content (AvgIpc) is 3.30. The van der Waals surface area contributed by atoms with Gasteiger partial charge in [-0.25, -0.2) is 8.42 Å². The van der Waals surface area contributed by atoms with E-state index in [0.717, 1.165) is 22.1 Å². The molecule has 0 aliphatic carbocycles. The van der Waals surface area contributed by atoms with Crippen molar-refractivity contribution in [2.75, 3.05) is 24.4 Å². The third kappa shape index (κ3) is 5.09. The molecule has 1 saturated heterocycles. The minimum atomic E-state index is -3.81. The van der Waals surface area contributed by atoms with Gasteiger partial charge in [0, 0.05) is 19.1 Å². The molecule has 1 aliphatic rings. The standard InChI is InChI=1S/C22H24N4O4S2/c23-20(27)14-26-9-7-17(8-10-26)24-22(28)18-12-15-4-1-2-5-16(15)13-19(18)25-32(29,30)21-6-3-11-31-21/h1-6,11-13,17,25H,7-10,14H2,(H2,23,27)(H,24,28). The molecule has 2 amide bonds. The number of amides is 2. The van der Waals surface area contributed by atoms with Gasteiger partial charge in [-0.05, 0) is 47.2 Å². The number of rotatable bonds is 7. The summed E-state index contributed by atoms with van der Waals surface area (Å²) in [6.07, 6.45) is 1.37. The summed E-state index contributed by atoms with van der Waals surface area (Å²) in [4.78, 5) is 26.2. The molecule has 2 heterocycles. The van der Waals surface area contributed by atoms with E-state index in [-0.39, 0.29) is 39.9 Å². The van der Waals surface area contributed by atoms with E-state index in [1.165, 1.54) is 6.07 Å². The van der Waals surface area contributed by atoms with Crippen LogP contribution in [0.15, 0.2) is 58.1 Å². The average molecular weight is 473 g/mol. The number of carbonyl (C=O) groups excluding carboxylic acids is 2. The molecule has 1 fully saturated rings. The predicted molar refractivity (Wildman–Crippen MR) is 125 cm³/mol. The quantitative estimate of drug-likeness (QED) is 0.487. The van der Waals surface area contributed by atoms with Crippen LogP contribution in [0.25, 0.3) is 10.8 Å². The molecule has 0 saturated carbocycles. The Kier molecular flexibility index (Phi) is 6.45. The van der Waals surface area contributed by atoms with E-state index in [1.807, 2.05) is 29.2 Å². The zero-order valence-electron chi connectivity index (χ0n) is 17.3. The smallest absolute Gasteiger partial charge is 0.271 e. The Bertz CT molecular complexity index is 1230. The highest BCUT2D eigenvalue weighted by Gasteiger charge is 2.25. The first-order valence-electron chi connectivity index (χ1n) is 10.2. The van der Waals surface area contributed by atoms with E-state index >= 15 is 0 Å². The number of piperidine rings is 1. The summed E-state index contributed by atoms with van der Waals surface area (Å²) in [5.74, 6) is -0.709. The number of carbonyl (C=O) groups is 2.